The highest BCUT2D eigenvalue weighted by molar-refractivity contribution is 5.39. The van der Waals surface area contributed by atoms with Gasteiger partial charge in [-0.05, 0) is 19.8 Å². The highest BCUT2D eigenvalue weighted by Gasteiger charge is 2.28. The predicted molar refractivity (Wildman–Crippen MR) is 63.4 cm³/mol. The molecule has 1 aromatic rings. The molecule has 0 amide bonds. The summed E-state index contributed by atoms with van der Waals surface area (Å²) in [6.07, 6.45) is 2.55. The van der Waals surface area contributed by atoms with Gasteiger partial charge in [-0.15, -0.1) is 0 Å². The van der Waals surface area contributed by atoms with E-state index in [1.54, 1.807) is 0 Å². The minimum absolute atomic E-state index is 0.159. The first-order valence-electron chi connectivity index (χ1n) is 6.22. The van der Waals surface area contributed by atoms with Crippen LogP contribution in [0.4, 0.5) is 5.82 Å². The normalized spacial score (nSPS) is 19.8. The molecular formula is C12H17N3O2. The van der Waals surface area contributed by atoms with Gasteiger partial charge in [0.1, 0.15) is 17.7 Å². The second-order valence-corrected chi connectivity index (χ2v) is 4.53. The van der Waals surface area contributed by atoms with Gasteiger partial charge in [0.05, 0.1) is 13.2 Å². The smallest absolute Gasteiger partial charge is 0.219 e. The van der Waals surface area contributed by atoms with Crippen LogP contribution in [0.5, 0.6) is 5.88 Å². The Hall–Kier alpha value is -1.36. The molecule has 0 unspecified atom stereocenters. The lowest BCUT2D eigenvalue weighted by Gasteiger charge is -2.26. The highest BCUT2D eigenvalue weighted by Crippen LogP contribution is 2.39. The second-order valence-electron chi connectivity index (χ2n) is 4.53. The molecule has 1 N–H and O–H groups in total. The van der Waals surface area contributed by atoms with Gasteiger partial charge in [0.25, 0.3) is 0 Å². The van der Waals surface area contributed by atoms with E-state index < -0.39 is 0 Å². The zero-order valence-corrected chi connectivity index (χ0v) is 9.98. The van der Waals surface area contributed by atoms with Crippen LogP contribution in [0.3, 0.4) is 0 Å². The Balaban J connectivity index is 1.79. The maximum Gasteiger partial charge on any atom is 0.219 e. The van der Waals surface area contributed by atoms with Crippen LogP contribution in [0.15, 0.2) is 6.07 Å². The molecule has 0 bridgehead atoms. The number of rotatable bonds is 5. The van der Waals surface area contributed by atoms with Crippen LogP contribution in [-0.4, -0.2) is 35.8 Å². The molecule has 2 fully saturated rings. The molecule has 2 aliphatic rings. The molecule has 1 aromatic heterocycles. The summed E-state index contributed by atoms with van der Waals surface area (Å²) < 4.78 is 10.8. The fourth-order valence-corrected chi connectivity index (χ4v) is 1.75. The number of nitrogens with zero attached hydrogens (tertiary/aromatic N) is 2. The van der Waals surface area contributed by atoms with Crippen molar-refractivity contribution < 1.29 is 9.47 Å². The third kappa shape index (κ3) is 2.49. The van der Waals surface area contributed by atoms with Crippen LogP contribution in [0.2, 0.25) is 0 Å². The Morgan fingerprint density at radius 3 is 2.82 bits per heavy atom. The van der Waals surface area contributed by atoms with Crippen molar-refractivity contribution in [2.24, 2.45) is 0 Å². The number of anilines is 1. The van der Waals surface area contributed by atoms with Gasteiger partial charge < -0.3 is 14.8 Å². The SMILES string of the molecule is CCNc1cc(OC2COC2)nc(C2CC2)n1. The van der Waals surface area contributed by atoms with Crippen molar-refractivity contribution in [3.05, 3.63) is 11.9 Å². The Morgan fingerprint density at radius 1 is 1.41 bits per heavy atom. The Morgan fingerprint density at radius 2 is 2.24 bits per heavy atom. The molecular weight excluding hydrogens is 218 g/mol. The minimum Gasteiger partial charge on any atom is -0.469 e. The zero-order valence-electron chi connectivity index (χ0n) is 9.98. The maximum atomic E-state index is 5.74. The summed E-state index contributed by atoms with van der Waals surface area (Å²) >= 11 is 0. The monoisotopic (exact) mass is 235 g/mol. The molecule has 1 aliphatic heterocycles. The lowest BCUT2D eigenvalue weighted by atomic mass is 10.3. The van der Waals surface area contributed by atoms with Crippen LogP contribution in [-0.2, 0) is 4.74 Å². The summed E-state index contributed by atoms with van der Waals surface area (Å²) in [7, 11) is 0. The van der Waals surface area contributed by atoms with Crippen LogP contribution in [0.1, 0.15) is 31.5 Å². The molecule has 3 rings (SSSR count). The topological polar surface area (TPSA) is 56.3 Å². The van der Waals surface area contributed by atoms with Crippen molar-refractivity contribution in [1.29, 1.82) is 0 Å². The lowest BCUT2D eigenvalue weighted by molar-refractivity contribution is -0.0814. The van der Waals surface area contributed by atoms with Crippen LogP contribution >= 0.6 is 0 Å². The molecule has 1 aliphatic carbocycles. The van der Waals surface area contributed by atoms with E-state index in [-0.39, 0.29) is 6.10 Å². The van der Waals surface area contributed by atoms with Gasteiger partial charge in [-0.3, -0.25) is 0 Å². The first-order chi connectivity index (χ1) is 8.35. The Kier molecular flexibility index (Phi) is 2.84. The van der Waals surface area contributed by atoms with Crippen molar-refractivity contribution in [3.63, 3.8) is 0 Å². The quantitative estimate of drug-likeness (QED) is 0.839. The van der Waals surface area contributed by atoms with E-state index in [1.165, 1.54) is 12.8 Å². The summed E-state index contributed by atoms with van der Waals surface area (Å²) in [5, 5.41) is 3.22. The van der Waals surface area contributed by atoms with Gasteiger partial charge >= 0.3 is 0 Å². The van der Waals surface area contributed by atoms with E-state index in [1.807, 2.05) is 6.07 Å². The van der Waals surface area contributed by atoms with Crippen LogP contribution < -0.4 is 10.1 Å². The molecule has 92 valence electrons. The average molecular weight is 235 g/mol. The van der Waals surface area contributed by atoms with E-state index in [4.69, 9.17) is 9.47 Å². The first kappa shape index (κ1) is 10.8. The molecule has 0 aromatic carbocycles. The van der Waals surface area contributed by atoms with Crippen molar-refractivity contribution >= 4 is 5.82 Å². The molecule has 0 spiro atoms. The fourth-order valence-electron chi connectivity index (χ4n) is 1.75. The molecule has 5 heteroatoms. The second kappa shape index (κ2) is 4.49. The van der Waals surface area contributed by atoms with Gasteiger partial charge in [-0.25, -0.2) is 4.98 Å². The third-order valence-corrected chi connectivity index (χ3v) is 2.92. The largest absolute Gasteiger partial charge is 0.469 e. The predicted octanol–water partition coefficient (Wildman–Crippen LogP) is 1.56. The van der Waals surface area contributed by atoms with E-state index in [2.05, 4.69) is 22.2 Å². The van der Waals surface area contributed by atoms with Gasteiger partial charge in [0.15, 0.2) is 0 Å². The number of hydrogen-bond acceptors (Lipinski definition) is 5. The zero-order chi connectivity index (χ0) is 11.7. The maximum absolute atomic E-state index is 5.74. The van der Waals surface area contributed by atoms with Gasteiger partial charge in [-0.1, -0.05) is 0 Å². The number of nitrogens with one attached hydrogen (secondary N) is 1. The molecule has 0 radical (unpaired) electrons. The molecule has 17 heavy (non-hydrogen) atoms. The van der Waals surface area contributed by atoms with E-state index in [0.717, 1.165) is 18.2 Å². The highest BCUT2D eigenvalue weighted by atomic mass is 16.6. The minimum atomic E-state index is 0.159. The van der Waals surface area contributed by atoms with Crippen molar-refractivity contribution in [2.45, 2.75) is 31.8 Å². The summed E-state index contributed by atoms with van der Waals surface area (Å²) in [5.41, 5.74) is 0. The number of ether oxygens (including phenoxy) is 2. The summed E-state index contributed by atoms with van der Waals surface area (Å²) in [6, 6.07) is 1.87. The van der Waals surface area contributed by atoms with E-state index in [0.29, 0.717) is 25.0 Å². The average Bonchev–Trinajstić information content (AvgIpc) is 3.07. The van der Waals surface area contributed by atoms with E-state index >= 15 is 0 Å². The summed E-state index contributed by atoms with van der Waals surface area (Å²) in [5.74, 6) is 2.98. The van der Waals surface area contributed by atoms with Crippen molar-refractivity contribution in [2.75, 3.05) is 25.1 Å². The van der Waals surface area contributed by atoms with E-state index in [9.17, 15) is 0 Å². The molecule has 1 saturated carbocycles. The Labute approximate surface area is 101 Å². The molecule has 2 heterocycles. The van der Waals surface area contributed by atoms with Crippen LogP contribution in [0.25, 0.3) is 0 Å². The van der Waals surface area contributed by atoms with Crippen molar-refractivity contribution in [1.82, 2.24) is 9.97 Å². The number of hydrogen-bond donors (Lipinski definition) is 1. The van der Waals surface area contributed by atoms with Gasteiger partial charge in [0.2, 0.25) is 5.88 Å². The standard InChI is InChI=1S/C12H17N3O2/c1-2-13-10-5-11(17-9-6-16-7-9)15-12(14-10)8-3-4-8/h5,8-9H,2-4,6-7H2,1H3,(H,13,14,15). The number of aromatic nitrogens is 2. The Bertz CT molecular complexity index is 403. The molecule has 0 atom stereocenters. The van der Waals surface area contributed by atoms with Crippen molar-refractivity contribution in [3.8, 4) is 5.88 Å². The molecule has 5 nitrogen and oxygen atoms in total. The van der Waals surface area contributed by atoms with Crippen LogP contribution in [0, 0.1) is 0 Å². The lowest BCUT2D eigenvalue weighted by Crippen LogP contribution is -2.38. The molecule has 1 saturated heterocycles. The summed E-state index contributed by atoms with van der Waals surface area (Å²) in [4.78, 5) is 8.97. The summed E-state index contributed by atoms with van der Waals surface area (Å²) in [6.45, 7) is 4.24. The van der Waals surface area contributed by atoms with Gasteiger partial charge in [0, 0.05) is 18.5 Å². The van der Waals surface area contributed by atoms with Gasteiger partial charge in [-0.2, -0.15) is 4.98 Å². The third-order valence-electron chi connectivity index (χ3n) is 2.92. The fraction of sp³-hybridized carbons (Fsp3) is 0.667. The first-order valence-corrected chi connectivity index (χ1v) is 6.22.